The van der Waals surface area contributed by atoms with Gasteiger partial charge in [-0.2, -0.15) is 4.98 Å². The van der Waals surface area contributed by atoms with E-state index in [2.05, 4.69) is 30.2 Å². The lowest BCUT2D eigenvalue weighted by atomic mass is 10.2. The number of nitrogens with one attached hydrogen (secondary N) is 1. The Balaban J connectivity index is 1.48. The standard InChI is InChI=1S/C12H18N6O/c1-9-14-12(19-17-9)5-6-13-8-11-16-15-10-4-2-3-7-18(10)11/h13H,2-8H2,1H3. The quantitative estimate of drug-likeness (QED) is 0.796. The molecular weight excluding hydrogens is 244 g/mol. The molecule has 3 heterocycles. The van der Waals surface area contributed by atoms with Gasteiger partial charge in [0.15, 0.2) is 5.82 Å². The normalized spacial score (nSPS) is 14.6. The second kappa shape index (κ2) is 5.48. The van der Waals surface area contributed by atoms with Crippen molar-refractivity contribution in [3.63, 3.8) is 0 Å². The van der Waals surface area contributed by atoms with Crippen LogP contribution in [0.2, 0.25) is 0 Å². The van der Waals surface area contributed by atoms with Crippen LogP contribution in [-0.2, 0) is 25.9 Å². The molecule has 0 aliphatic carbocycles. The summed E-state index contributed by atoms with van der Waals surface area (Å²) in [5, 5.41) is 15.6. The molecule has 1 aliphatic heterocycles. The molecule has 102 valence electrons. The maximum Gasteiger partial charge on any atom is 0.227 e. The zero-order chi connectivity index (χ0) is 13.1. The van der Waals surface area contributed by atoms with E-state index in [1.807, 2.05) is 6.92 Å². The summed E-state index contributed by atoms with van der Waals surface area (Å²) in [7, 11) is 0. The number of fused-ring (bicyclic) bond motifs is 1. The van der Waals surface area contributed by atoms with Crippen LogP contribution in [0.15, 0.2) is 4.52 Å². The fourth-order valence-corrected chi connectivity index (χ4v) is 2.34. The number of aryl methyl sites for hydroxylation is 2. The summed E-state index contributed by atoms with van der Waals surface area (Å²) in [6.07, 6.45) is 4.23. The van der Waals surface area contributed by atoms with Gasteiger partial charge in [0.05, 0.1) is 6.54 Å². The van der Waals surface area contributed by atoms with Crippen LogP contribution in [-0.4, -0.2) is 31.4 Å². The van der Waals surface area contributed by atoms with Gasteiger partial charge >= 0.3 is 0 Å². The minimum atomic E-state index is 0.674. The van der Waals surface area contributed by atoms with Crippen LogP contribution in [0.5, 0.6) is 0 Å². The fraction of sp³-hybridized carbons (Fsp3) is 0.667. The Kier molecular flexibility index (Phi) is 3.54. The van der Waals surface area contributed by atoms with E-state index in [1.165, 1.54) is 12.8 Å². The molecule has 19 heavy (non-hydrogen) atoms. The van der Waals surface area contributed by atoms with E-state index in [9.17, 15) is 0 Å². The summed E-state index contributed by atoms with van der Waals surface area (Å²) in [6, 6.07) is 0. The highest BCUT2D eigenvalue weighted by molar-refractivity contribution is 4.98. The molecule has 0 saturated carbocycles. The van der Waals surface area contributed by atoms with Gasteiger partial charge in [-0.05, 0) is 19.8 Å². The average Bonchev–Trinajstić information content (AvgIpc) is 3.02. The van der Waals surface area contributed by atoms with Crippen molar-refractivity contribution in [3.8, 4) is 0 Å². The van der Waals surface area contributed by atoms with Crippen LogP contribution < -0.4 is 5.32 Å². The molecule has 2 aromatic rings. The second-order valence-corrected chi connectivity index (χ2v) is 4.80. The van der Waals surface area contributed by atoms with Crippen molar-refractivity contribution in [2.45, 2.75) is 45.7 Å². The van der Waals surface area contributed by atoms with Gasteiger partial charge in [-0.3, -0.25) is 0 Å². The number of aromatic nitrogens is 5. The van der Waals surface area contributed by atoms with Gasteiger partial charge in [-0.1, -0.05) is 5.16 Å². The van der Waals surface area contributed by atoms with E-state index in [4.69, 9.17) is 4.52 Å². The molecule has 0 aromatic carbocycles. The van der Waals surface area contributed by atoms with Gasteiger partial charge in [-0.15, -0.1) is 10.2 Å². The SMILES string of the molecule is Cc1noc(CCNCc2nnc3n2CCCC3)n1. The molecular formula is C12H18N6O. The Bertz CT molecular complexity index is 546. The van der Waals surface area contributed by atoms with Crippen LogP contribution in [0, 0.1) is 6.92 Å². The van der Waals surface area contributed by atoms with Crippen LogP contribution in [0.1, 0.15) is 36.2 Å². The first kappa shape index (κ1) is 12.3. The lowest BCUT2D eigenvalue weighted by Crippen LogP contribution is -2.21. The summed E-state index contributed by atoms with van der Waals surface area (Å²) in [4.78, 5) is 4.16. The Morgan fingerprint density at radius 1 is 1.32 bits per heavy atom. The van der Waals surface area contributed by atoms with Crippen molar-refractivity contribution >= 4 is 0 Å². The van der Waals surface area contributed by atoms with Crippen molar-refractivity contribution in [2.75, 3.05) is 6.54 Å². The van der Waals surface area contributed by atoms with Crippen LogP contribution in [0.25, 0.3) is 0 Å². The first-order valence-electron chi connectivity index (χ1n) is 6.74. The number of rotatable bonds is 5. The zero-order valence-electron chi connectivity index (χ0n) is 11.1. The maximum absolute atomic E-state index is 5.06. The predicted octanol–water partition coefficient (Wildman–Crippen LogP) is 0.638. The average molecular weight is 262 g/mol. The maximum atomic E-state index is 5.06. The van der Waals surface area contributed by atoms with Gasteiger partial charge in [0.25, 0.3) is 0 Å². The monoisotopic (exact) mass is 262 g/mol. The van der Waals surface area contributed by atoms with Gasteiger partial charge in [0.1, 0.15) is 11.6 Å². The van der Waals surface area contributed by atoms with Crippen molar-refractivity contribution in [1.82, 2.24) is 30.2 Å². The van der Waals surface area contributed by atoms with Crippen LogP contribution >= 0.6 is 0 Å². The topological polar surface area (TPSA) is 81.7 Å². The Labute approximate surface area is 111 Å². The van der Waals surface area contributed by atoms with E-state index < -0.39 is 0 Å². The molecule has 1 aliphatic rings. The lowest BCUT2D eigenvalue weighted by molar-refractivity contribution is 0.371. The lowest BCUT2D eigenvalue weighted by Gasteiger charge is -2.14. The Morgan fingerprint density at radius 2 is 2.26 bits per heavy atom. The third kappa shape index (κ3) is 2.81. The minimum Gasteiger partial charge on any atom is -0.339 e. The second-order valence-electron chi connectivity index (χ2n) is 4.80. The van der Waals surface area contributed by atoms with Gasteiger partial charge in [-0.25, -0.2) is 0 Å². The highest BCUT2D eigenvalue weighted by Crippen LogP contribution is 2.13. The Hall–Kier alpha value is -1.76. The summed E-state index contributed by atoms with van der Waals surface area (Å²) in [5.74, 6) is 3.50. The van der Waals surface area contributed by atoms with E-state index in [0.717, 1.165) is 44.1 Å². The van der Waals surface area contributed by atoms with E-state index in [1.54, 1.807) is 0 Å². The largest absolute Gasteiger partial charge is 0.339 e. The third-order valence-corrected chi connectivity index (χ3v) is 3.30. The van der Waals surface area contributed by atoms with Gasteiger partial charge in [0.2, 0.25) is 5.89 Å². The highest BCUT2D eigenvalue weighted by atomic mass is 16.5. The van der Waals surface area contributed by atoms with Gasteiger partial charge < -0.3 is 14.4 Å². The van der Waals surface area contributed by atoms with E-state index in [0.29, 0.717) is 11.7 Å². The highest BCUT2D eigenvalue weighted by Gasteiger charge is 2.15. The first-order chi connectivity index (χ1) is 9.33. The Morgan fingerprint density at radius 3 is 3.11 bits per heavy atom. The molecule has 0 unspecified atom stereocenters. The predicted molar refractivity (Wildman–Crippen MR) is 67.4 cm³/mol. The van der Waals surface area contributed by atoms with Crippen molar-refractivity contribution in [1.29, 1.82) is 0 Å². The zero-order valence-corrected chi connectivity index (χ0v) is 11.1. The summed E-state index contributed by atoms with van der Waals surface area (Å²) in [6.45, 7) is 4.40. The van der Waals surface area contributed by atoms with Gasteiger partial charge in [0, 0.05) is 25.9 Å². The summed E-state index contributed by atoms with van der Waals surface area (Å²) in [5.41, 5.74) is 0. The number of nitrogens with zero attached hydrogens (tertiary/aromatic N) is 5. The molecule has 7 heteroatoms. The minimum absolute atomic E-state index is 0.674. The van der Waals surface area contributed by atoms with Crippen molar-refractivity contribution < 1.29 is 4.52 Å². The molecule has 0 spiro atoms. The third-order valence-electron chi connectivity index (χ3n) is 3.30. The van der Waals surface area contributed by atoms with Crippen molar-refractivity contribution in [2.24, 2.45) is 0 Å². The first-order valence-corrected chi connectivity index (χ1v) is 6.74. The van der Waals surface area contributed by atoms with Crippen molar-refractivity contribution in [3.05, 3.63) is 23.4 Å². The molecule has 0 atom stereocenters. The summed E-state index contributed by atoms with van der Waals surface area (Å²) < 4.78 is 7.29. The summed E-state index contributed by atoms with van der Waals surface area (Å²) >= 11 is 0. The molecule has 0 radical (unpaired) electrons. The fourth-order valence-electron chi connectivity index (χ4n) is 2.34. The van der Waals surface area contributed by atoms with E-state index in [-0.39, 0.29) is 0 Å². The number of hydrogen-bond donors (Lipinski definition) is 1. The molecule has 7 nitrogen and oxygen atoms in total. The molecule has 0 fully saturated rings. The van der Waals surface area contributed by atoms with Crippen LogP contribution in [0.4, 0.5) is 0 Å². The molecule has 3 rings (SSSR count). The molecule has 0 bridgehead atoms. The van der Waals surface area contributed by atoms with Crippen LogP contribution in [0.3, 0.4) is 0 Å². The molecule has 0 saturated heterocycles. The molecule has 1 N–H and O–H groups in total. The molecule has 0 amide bonds. The van der Waals surface area contributed by atoms with E-state index >= 15 is 0 Å². The molecule has 2 aromatic heterocycles. The smallest absolute Gasteiger partial charge is 0.227 e. The number of hydrogen-bond acceptors (Lipinski definition) is 6.